The fourth-order valence-corrected chi connectivity index (χ4v) is 2.85. The van der Waals surface area contributed by atoms with Crippen LogP contribution in [0.5, 0.6) is 0 Å². The number of aromatic nitrogens is 1. The molecule has 0 spiro atoms. The average Bonchev–Trinajstić information content (AvgIpc) is 3.08. The van der Waals surface area contributed by atoms with Gasteiger partial charge in [0.1, 0.15) is 0 Å². The summed E-state index contributed by atoms with van der Waals surface area (Å²) in [5, 5.41) is 1.24. The molecule has 94 valence electrons. The van der Waals surface area contributed by atoms with Crippen molar-refractivity contribution < 1.29 is 0 Å². The van der Waals surface area contributed by atoms with Crippen LogP contribution in [-0.2, 0) is 5.41 Å². The van der Waals surface area contributed by atoms with Crippen molar-refractivity contribution in [3.05, 3.63) is 41.6 Å². The third-order valence-corrected chi connectivity index (χ3v) is 4.55. The molecule has 0 bridgehead atoms. The summed E-state index contributed by atoms with van der Waals surface area (Å²) in [6, 6.07) is 10.6. The minimum absolute atomic E-state index is 0.000301. The highest BCUT2D eigenvalue weighted by Gasteiger charge is 2.52. The Labute approximate surface area is 108 Å². The van der Waals surface area contributed by atoms with Gasteiger partial charge in [0.05, 0.1) is 5.52 Å². The number of rotatable bonds is 2. The van der Waals surface area contributed by atoms with Gasteiger partial charge in [-0.05, 0) is 37.5 Å². The van der Waals surface area contributed by atoms with Gasteiger partial charge in [-0.1, -0.05) is 32.0 Å². The van der Waals surface area contributed by atoms with Gasteiger partial charge in [-0.15, -0.1) is 0 Å². The summed E-state index contributed by atoms with van der Waals surface area (Å²) >= 11 is 0. The molecule has 18 heavy (non-hydrogen) atoms. The second-order valence-corrected chi connectivity index (χ2v) is 6.11. The van der Waals surface area contributed by atoms with Gasteiger partial charge >= 0.3 is 0 Å². The molecule has 2 N–H and O–H groups in total. The Morgan fingerprint density at radius 1 is 1.22 bits per heavy atom. The van der Waals surface area contributed by atoms with Crippen LogP contribution < -0.4 is 5.73 Å². The number of hydrogen-bond acceptors (Lipinski definition) is 2. The number of benzene rings is 1. The summed E-state index contributed by atoms with van der Waals surface area (Å²) in [4.78, 5) is 4.61. The lowest BCUT2D eigenvalue weighted by Gasteiger charge is -2.33. The maximum atomic E-state index is 6.48. The second-order valence-electron chi connectivity index (χ2n) is 6.11. The zero-order valence-corrected chi connectivity index (χ0v) is 11.3. The molecule has 0 atom stereocenters. The minimum Gasteiger partial charge on any atom is -0.324 e. The standard InChI is InChI=1S/C16H20N2/c1-11-10-13(15(2,3)16(17)8-9-16)12-6-4-5-7-14(12)18-11/h4-7,10H,8-9,17H2,1-3H3. The van der Waals surface area contributed by atoms with E-state index in [4.69, 9.17) is 5.73 Å². The van der Waals surface area contributed by atoms with Crippen molar-refractivity contribution in [2.24, 2.45) is 5.73 Å². The summed E-state index contributed by atoms with van der Waals surface area (Å²) in [5.41, 5.74) is 9.92. The van der Waals surface area contributed by atoms with Crippen molar-refractivity contribution in [2.45, 2.75) is 44.6 Å². The van der Waals surface area contributed by atoms with Crippen molar-refractivity contribution in [1.29, 1.82) is 0 Å². The van der Waals surface area contributed by atoms with Crippen molar-refractivity contribution in [3.63, 3.8) is 0 Å². The van der Waals surface area contributed by atoms with Gasteiger partial charge in [-0.3, -0.25) is 4.98 Å². The number of pyridine rings is 1. The molecular formula is C16H20N2. The first-order valence-corrected chi connectivity index (χ1v) is 6.60. The maximum absolute atomic E-state index is 6.48. The van der Waals surface area contributed by atoms with Crippen LogP contribution in [-0.4, -0.2) is 10.5 Å². The zero-order chi connectivity index (χ0) is 13.0. The molecule has 1 saturated carbocycles. The van der Waals surface area contributed by atoms with E-state index in [1.807, 2.05) is 6.07 Å². The summed E-state index contributed by atoms with van der Waals surface area (Å²) in [5.74, 6) is 0. The van der Waals surface area contributed by atoms with Crippen LogP contribution in [0.25, 0.3) is 10.9 Å². The van der Waals surface area contributed by atoms with Crippen molar-refractivity contribution in [2.75, 3.05) is 0 Å². The number of nitrogens with two attached hydrogens (primary N) is 1. The monoisotopic (exact) mass is 240 g/mol. The molecule has 1 heterocycles. The van der Waals surface area contributed by atoms with Gasteiger partial charge in [-0.25, -0.2) is 0 Å². The van der Waals surface area contributed by atoms with Gasteiger partial charge in [0.2, 0.25) is 0 Å². The van der Waals surface area contributed by atoms with Gasteiger partial charge in [0.15, 0.2) is 0 Å². The Hall–Kier alpha value is -1.41. The summed E-state index contributed by atoms with van der Waals surface area (Å²) in [7, 11) is 0. The van der Waals surface area contributed by atoms with Crippen LogP contribution in [0, 0.1) is 6.92 Å². The third-order valence-electron chi connectivity index (χ3n) is 4.55. The second kappa shape index (κ2) is 3.55. The van der Waals surface area contributed by atoms with E-state index in [0.29, 0.717) is 0 Å². The Morgan fingerprint density at radius 3 is 2.56 bits per heavy atom. The molecule has 3 rings (SSSR count). The lowest BCUT2D eigenvalue weighted by atomic mass is 9.74. The van der Waals surface area contributed by atoms with E-state index in [1.165, 1.54) is 10.9 Å². The first-order chi connectivity index (χ1) is 8.44. The lowest BCUT2D eigenvalue weighted by molar-refractivity contribution is 0.394. The predicted octanol–water partition coefficient (Wildman–Crippen LogP) is 3.31. The first-order valence-electron chi connectivity index (χ1n) is 6.60. The van der Waals surface area contributed by atoms with Crippen LogP contribution in [0.15, 0.2) is 30.3 Å². The van der Waals surface area contributed by atoms with Gasteiger partial charge < -0.3 is 5.73 Å². The van der Waals surface area contributed by atoms with Crippen molar-refractivity contribution in [3.8, 4) is 0 Å². The molecular weight excluding hydrogens is 220 g/mol. The van der Waals surface area contributed by atoms with E-state index in [0.717, 1.165) is 24.1 Å². The highest BCUT2D eigenvalue weighted by Crippen LogP contribution is 2.50. The van der Waals surface area contributed by atoms with E-state index in [-0.39, 0.29) is 11.0 Å². The number of aryl methyl sites for hydroxylation is 1. The normalized spacial score (nSPS) is 18.0. The Morgan fingerprint density at radius 2 is 1.89 bits per heavy atom. The molecule has 0 radical (unpaired) electrons. The molecule has 0 amide bonds. The summed E-state index contributed by atoms with van der Waals surface area (Å²) in [6.45, 7) is 6.59. The molecule has 0 unspecified atom stereocenters. The first kappa shape index (κ1) is 11.7. The molecule has 2 nitrogen and oxygen atoms in total. The van der Waals surface area contributed by atoms with Crippen molar-refractivity contribution in [1.82, 2.24) is 4.98 Å². The minimum atomic E-state index is -0.0381. The molecule has 0 saturated heterocycles. The lowest BCUT2D eigenvalue weighted by Crippen LogP contribution is -2.43. The molecule has 1 fully saturated rings. The smallest absolute Gasteiger partial charge is 0.0708 e. The average molecular weight is 240 g/mol. The number of fused-ring (bicyclic) bond motifs is 1. The number of hydrogen-bond donors (Lipinski definition) is 1. The van der Waals surface area contributed by atoms with Gasteiger partial charge in [-0.2, -0.15) is 0 Å². The summed E-state index contributed by atoms with van der Waals surface area (Å²) < 4.78 is 0. The fourth-order valence-electron chi connectivity index (χ4n) is 2.85. The Kier molecular flexibility index (Phi) is 2.30. The van der Waals surface area contributed by atoms with Crippen LogP contribution in [0.1, 0.15) is 37.9 Å². The van der Waals surface area contributed by atoms with E-state index < -0.39 is 0 Å². The Balaban J connectivity index is 2.28. The van der Waals surface area contributed by atoms with Gasteiger partial charge in [0, 0.05) is 22.0 Å². The van der Waals surface area contributed by atoms with E-state index in [2.05, 4.69) is 50.0 Å². The molecule has 1 aliphatic rings. The van der Waals surface area contributed by atoms with Crippen LogP contribution in [0.3, 0.4) is 0 Å². The summed E-state index contributed by atoms with van der Waals surface area (Å²) in [6.07, 6.45) is 2.24. The van der Waals surface area contributed by atoms with E-state index in [9.17, 15) is 0 Å². The molecule has 2 heteroatoms. The van der Waals surface area contributed by atoms with Crippen LogP contribution >= 0.6 is 0 Å². The van der Waals surface area contributed by atoms with Gasteiger partial charge in [0.25, 0.3) is 0 Å². The largest absolute Gasteiger partial charge is 0.324 e. The topological polar surface area (TPSA) is 38.9 Å². The van der Waals surface area contributed by atoms with Crippen molar-refractivity contribution >= 4 is 10.9 Å². The van der Waals surface area contributed by atoms with Crippen LogP contribution in [0.4, 0.5) is 0 Å². The molecule has 1 aromatic carbocycles. The predicted molar refractivity (Wildman–Crippen MR) is 75.7 cm³/mol. The number of nitrogens with zero attached hydrogens (tertiary/aromatic N) is 1. The SMILES string of the molecule is Cc1cc(C(C)(C)C2(N)CC2)c2ccccc2n1. The maximum Gasteiger partial charge on any atom is 0.0708 e. The highest BCUT2D eigenvalue weighted by molar-refractivity contribution is 5.83. The third kappa shape index (κ3) is 1.56. The van der Waals surface area contributed by atoms with E-state index in [1.54, 1.807) is 0 Å². The molecule has 2 aromatic rings. The zero-order valence-electron chi connectivity index (χ0n) is 11.3. The Bertz CT molecular complexity index is 610. The number of para-hydroxylation sites is 1. The molecule has 1 aromatic heterocycles. The quantitative estimate of drug-likeness (QED) is 0.874. The highest BCUT2D eigenvalue weighted by atomic mass is 14.9. The van der Waals surface area contributed by atoms with Crippen LogP contribution in [0.2, 0.25) is 0 Å². The fraction of sp³-hybridized carbons (Fsp3) is 0.438. The molecule has 1 aliphatic carbocycles. The molecule has 0 aliphatic heterocycles. The van der Waals surface area contributed by atoms with E-state index >= 15 is 0 Å².